The third-order valence-corrected chi connectivity index (χ3v) is 1.95. The smallest absolute Gasteiger partial charge is 0.137 e. The Morgan fingerprint density at radius 1 is 1.45 bits per heavy atom. The van der Waals surface area contributed by atoms with Crippen LogP contribution >= 0.6 is 0 Å². The third-order valence-electron chi connectivity index (χ3n) is 1.95. The Morgan fingerprint density at radius 2 is 2.27 bits per heavy atom. The zero-order valence-corrected chi connectivity index (χ0v) is 6.40. The molecule has 0 bridgehead atoms. The fourth-order valence-corrected chi connectivity index (χ4v) is 1.39. The van der Waals surface area contributed by atoms with Crippen molar-refractivity contribution in [1.82, 2.24) is 19.7 Å². The molecule has 1 fully saturated rings. The van der Waals surface area contributed by atoms with Crippen LogP contribution in [0.4, 0.5) is 0 Å². The van der Waals surface area contributed by atoms with Crippen molar-refractivity contribution in [2.75, 3.05) is 13.1 Å². The lowest BCUT2D eigenvalue weighted by Crippen LogP contribution is -2.22. The fraction of sp³-hybridized carbons (Fsp3) is 0.714. The molecule has 0 spiro atoms. The van der Waals surface area contributed by atoms with Gasteiger partial charge in [-0.3, -0.25) is 4.90 Å². The molecule has 0 saturated carbocycles. The second-order valence-corrected chi connectivity index (χ2v) is 2.83. The monoisotopic (exact) mass is 153 g/mol. The summed E-state index contributed by atoms with van der Waals surface area (Å²) in [6.45, 7) is 2.97. The van der Waals surface area contributed by atoms with Crippen LogP contribution in [-0.4, -0.2) is 32.8 Å². The molecule has 1 aromatic rings. The van der Waals surface area contributed by atoms with Gasteiger partial charge in [0.25, 0.3) is 0 Å². The Kier molecular flexibility index (Phi) is 1.56. The van der Waals surface area contributed by atoms with E-state index in [1.54, 1.807) is 4.68 Å². The molecule has 0 amide bonds. The summed E-state index contributed by atoms with van der Waals surface area (Å²) in [5.41, 5.74) is 0. The van der Waals surface area contributed by atoms with Gasteiger partial charge in [-0.15, -0.1) is 0 Å². The van der Waals surface area contributed by atoms with Crippen LogP contribution in [0.1, 0.15) is 14.2 Å². The van der Waals surface area contributed by atoms with E-state index in [4.69, 9.17) is 1.37 Å². The van der Waals surface area contributed by atoms with Crippen molar-refractivity contribution in [3.8, 4) is 0 Å². The van der Waals surface area contributed by atoms with Crippen LogP contribution in [0.15, 0.2) is 12.6 Å². The van der Waals surface area contributed by atoms with Crippen LogP contribution in [0.3, 0.4) is 0 Å². The summed E-state index contributed by atoms with van der Waals surface area (Å²) in [4.78, 5) is 6.03. The maximum Gasteiger partial charge on any atom is 0.137 e. The second-order valence-electron chi connectivity index (χ2n) is 2.83. The summed E-state index contributed by atoms with van der Waals surface area (Å²) in [7, 11) is 0. The molecule has 0 aromatic carbocycles. The Morgan fingerprint density at radius 3 is 2.91 bits per heavy atom. The summed E-state index contributed by atoms with van der Waals surface area (Å²) in [5.74, 6) is 0. The van der Waals surface area contributed by atoms with E-state index in [2.05, 4.69) is 15.0 Å². The second kappa shape index (κ2) is 3.00. The highest BCUT2D eigenvalue weighted by atomic mass is 15.4. The topological polar surface area (TPSA) is 34.0 Å². The number of rotatable bonds is 2. The largest absolute Gasteiger partial charge is 0.284 e. The lowest BCUT2D eigenvalue weighted by Gasteiger charge is -2.12. The van der Waals surface area contributed by atoms with Gasteiger partial charge in [0, 0.05) is 0 Å². The van der Waals surface area contributed by atoms with Gasteiger partial charge in [0.05, 0.1) is 6.67 Å². The predicted octanol–water partition coefficient (Wildman–Crippen LogP) is 0.331. The molecular weight excluding hydrogens is 140 g/mol. The molecule has 0 aliphatic carbocycles. The van der Waals surface area contributed by atoms with E-state index in [-0.39, 0.29) is 6.30 Å². The van der Waals surface area contributed by atoms with Crippen molar-refractivity contribution in [2.45, 2.75) is 19.5 Å². The van der Waals surface area contributed by atoms with Gasteiger partial charge in [0.2, 0.25) is 0 Å². The van der Waals surface area contributed by atoms with Crippen LogP contribution in [0, 0.1) is 0 Å². The minimum absolute atomic E-state index is 0.252. The maximum atomic E-state index is 7.38. The molecule has 1 aliphatic heterocycles. The summed E-state index contributed by atoms with van der Waals surface area (Å²) >= 11 is 0. The Hall–Kier alpha value is -0.900. The molecule has 1 saturated heterocycles. The van der Waals surface area contributed by atoms with E-state index in [1.165, 1.54) is 19.2 Å². The van der Waals surface area contributed by atoms with E-state index in [0.717, 1.165) is 19.8 Å². The number of nitrogens with zero attached hydrogens (tertiary/aromatic N) is 4. The Balaban J connectivity index is 1.98. The van der Waals surface area contributed by atoms with Crippen molar-refractivity contribution in [3.05, 3.63) is 12.6 Å². The number of hydrogen-bond donors (Lipinski definition) is 0. The van der Waals surface area contributed by atoms with Crippen molar-refractivity contribution in [1.29, 1.82) is 0 Å². The first-order chi connectivity index (χ1) is 5.86. The average molecular weight is 153 g/mol. The first-order valence-electron chi connectivity index (χ1n) is 4.43. The number of aromatic nitrogens is 3. The highest BCUT2D eigenvalue weighted by Crippen LogP contribution is 2.07. The highest BCUT2D eigenvalue weighted by Gasteiger charge is 2.10. The molecule has 4 nitrogen and oxygen atoms in total. The van der Waals surface area contributed by atoms with E-state index in [1.807, 2.05) is 0 Å². The molecule has 0 N–H and O–H groups in total. The van der Waals surface area contributed by atoms with Gasteiger partial charge < -0.3 is 0 Å². The van der Waals surface area contributed by atoms with Crippen LogP contribution in [-0.2, 0) is 6.67 Å². The highest BCUT2D eigenvalue weighted by molar-refractivity contribution is 4.64. The summed E-state index contributed by atoms with van der Waals surface area (Å²) in [6.07, 6.45) is 4.21. The first kappa shape index (κ1) is 5.71. The molecule has 11 heavy (non-hydrogen) atoms. The SMILES string of the molecule is [2H]c1ncnn1CN1CCCC1. The van der Waals surface area contributed by atoms with Gasteiger partial charge in [-0.05, 0) is 25.9 Å². The number of hydrogen-bond acceptors (Lipinski definition) is 3. The van der Waals surface area contributed by atoms with Crippen molar-refractivity contribution in [2.24, 2.45) is 0 Å². The van der Waals surface area contributed by atoms with Crippen LogP contribution in [0.2, 0.25) is 0 Å². The Labute approximate surface area is 67.2 Å². The quantitative estimate of drug-likeness (QED) is 0.614. The first-order valence-corrected chi connectivity index (χ1v) is 3.93. The lowest BCUT2D eigenvalue weighted by atomic mass is 10.4. The summed E-state index contributed by atoms with van der Waals surface area (Å²) in [6, 6.07) is 0. The van der Waals surface area contributed by atoms with E-state index >= 15 is 0 Å². The van der Waals surface area contributed by atoms with E-state index in [9.17, 15) is 0 Å². The molecule has 4 heteroatoms. The number of likely N-dealkylation sites (tertiary alicyclic amines) is 1. The zero-order valence-electron chi connectivity index (χ0n) is 7.40. The van der Waals surface area contributed by atoms with Crippen molar-refractivity contribution >= 4 is 0 Å². The van der Waals surface area contributed by atoms with Gasteiger partial charge in [0.1, 0.15) is 14.0 Å². The molecule has 2 heterocycles. The van der Waals surface area contributed by atoms with Crippen LogP contribution < -0.4 is 0 Å². The zero-order chi connectivity index (χ0) is 8.39. The molecule has 1 aliphatic rings. The van der Waals surface area contributed by atoms with Gasteiger partial charge in [-0.2, -0.15) is 5.10 Å². The lowest BCUT2D eigenvalue weighted by molar-refractivity contribution is 0.255. The predicted molar refractivity (Wildman–Crippen MR) is 40.8 cm³/mol. The van der Waals surface area contributed by atoms with Gasteiger partial charge in [-0.25, -0.2) is 9.67 Å². The molecule has 2 rings (SSSR count). The minimum Gasteiger partial charge on any atom is -0.284 e. The molecule has 1 aromatic heterocycles. The van der Waals surface area contributed by atoms with E-state index in [0.29, 0.717) is 0 Å². The molecule has 0 atom stereocenters. The van der Waals surface area contributed by atoms with Gasteiger partial charge >= 0.3 is 0 Å². The average Bonchev–Trinajstić information content (AvgIpc) is 2.65. The third kappa shape index (κ3) is 1.57. The van der Waals surface area contributed by atoms with E-state index < -0.39 is 0 Å². The molecule has 0 radical (unpaired) electrons. The molecule has 60 valence electrons. The van der Waals surface area contributed by atoms with Crippen LogP contribution in [0.5, 0.6) is 0 Å². The Bertz CT molecular complexity index is 254. The van der Waals surface area contributed by atoms with Crippen LogP contribution in [0.25, 0.3) is 0 Å². The standard InChI is InChI=1S/C7H12N4/c1-2-4-10(3-1)7-11-6-8-5-9-11/h5-6H,1-4,7H2/i6D. The normalized spacial score (nSPS) is 20.5. The van der Waals surface area contributed by atoms with Gasteiger partial charge in [0.15, 0.2) is 0 Å². The van der Waals surface area contributed by atoms with Gasteiger partial charge in [-0.1, -0.05) is 0 Å². The summed E-state index contributed by atoms with van der Waals surface area (Å²) < 4.78 is 8.99. The fourth-order valence-electron chi connectivity index (χ4n) is 1.39. The maximum absolute atomic E-state index is 7.38. The minimum atomic E-state index is 0.252. The molecule has 0 unspecified atom stereocenters. The molecular formula is C7H12N4. The van der Waals surface area contributed by atoms with Crippen molar-refractivity contribution in [3.63, 3.8) is 0 Å². The van der Waals surface area contributed by atoms with Crippen molar-refractivity contribution < 1.29 is 1.37 Å². The summed E-state index contributed by atoms with van der Waals surface area (Å²) in [5, 5.41) is 3.96.